The van der Waals surface area contributed by atoms with Crippen molar-refractivity contribution >= 4 is 17.7 Å². The molecule has 9 heteroatoms. The highest BCUT2D eigenvalue weighted by Gasteiger charge is 2.35. The number of ketones is 1. The van der Waals surface area contributed by atoms with E-state index in [9.17, 15) is 29.7 Å². The van der Waals surface area contributed by atoms with Crippen molar-refractivity contribution in [2.24, 2.45) is 0 Å². The molecule has 2 aliphatic heterocycles. The summed E-state index contributed by atoms with van der Waals surface area (Å²) in [5.41, 5.74) is 0.660. The Morgan fingerprint density at radius 1 is 0.760 bits per heavy atom. The van der Waals surface area contributed by atoms with Gasteiger partial charge in [0.15, 0.2) is 0 Å². The smallest absolute Gasteiger partial charge is 0.334 e. The van der Waals surface area contributed by atoms with E-state index < -0.39 is 24.4 Å². The quantitative estimate of drug-likeness (QED) is 0.0479. The molecular formula is C41H72O9. The molecule has 2 heterocycles. The summed E-state index contributed by atoms with van der Waals surface area (Å²) in [5, 5.41) is 31.9. The number of unbranched alkanes of at least 4 members (excludes halogenated alkanes) is 13. The van der Waals surface area contributed by atoms with Gasteiger partial charge in [-0.1, -0.05) is 90.4 Å². The first-order chi connectivity index (χ1) is 24.1. The Bertz CT molecular complexity index is 966. The van der Waals surface area contributed by atoms with E-state index in [2.05, 4.69) is 6.92 Å². The Labute approximate surface area is 303 Å². The summed E-state index contributed by atoms with van der Waals surface area (Å²) in [6.07, 6.45) is 22.4. The lowest BCUT2D eigenvalue weighted by Crippen LogP contribution is -2.34. The zero-order valence-electron chi connectivity index (χ0n) is 31.8. The van der Waals surface area contributed by atoms with Gasteiger partial charge in [-0.3, -0.25) is 9.59 Å². The fourth-order valence-electron chi connectivity index (χ4n) is 7.32. The number of rotatable bonds is 31. The summed E-state index contributed by atoms with van der Waals surface area (Å²) in [6.45, 7) is 5.45. The van der Waals surface area contributed by atoms with Gasteiger partial charge >= 0.3 is 11.9 Å². The molecule has 9 nitrogen and oxygen atoms in total. The van der Waals surface area contributed by atoms with E-state index in [0.29, 0.717) is 50.5 Å². The maximum absolute atomic E-state index is 12.4. The van der Waals surface area contributed by atoms with Crippen molar-refractivity contribution in [1.29, 1.82) is 0 Å². The Morgan fingerprint density at radius 3 is 1.90 bits per heavy atom. The molecule has 2 aliphatic rings. The summed E-state index contributed by atoms with van der Waals surface area (Å²) in [7, 11) is 0. The van der Waals surface area contributed by atoms with E-state index in [4.69, 9.17) is 14.2 Å². The van der Waals surface area contributed by atoms with Crippen LogP contribution in [0.2, 0.25) is 0 Å². The summed E-state index contributed by atoms with van der Waals surface area (Å²) in [5.74, 6) is -0.415. The number of hydrogen-bond acceptors (Lipinski definition) is 9. The van der Waals surface area contributed by atoms with Gasteiger partial charge in [0.25, 0.3) is 0 Å². The van der Waals surface area contributed by atoms with Crippen LogP contribution in [0.25, 0.3) is 0 Å². The third kappa shape index (κ3) is 20.3. The number of cyclic esters (lactones) is 1. The molecule has 0 amide bonds. The van der Waals surface area contributed by atoms with Gasteiger partial charge in [-0.25, -0.2) is 4.79 Å². The maximum Gasteiger partial charge on any atom is 0.334 e. The van der Waals surface area contributed by atoms with Gasteiger partial charge in [0.1, 0.15) is 18.0 Å². The third-order valence-electron chi connectivity index (χ3n) is 10.3. The molecule has 0 radical (unpaired) electrons. The molecule has 2 rings (SSSR count). The van der Waals surface area contributed by atoms with Crippen LogP contribution in [-0.2, 0) is 28.6 Å². The second-order valence-electron chi connectivity index (χ2n) is 15.1. The van der Waals surface area contributed by atoms with Crippen LogP contribution in [0.3, 0.4) is 0 Å². The summed E-state index contributed by atoms with van der Waals surface area (Å²) in [6, 6.07) is 0. The lowest BCUT2D eigenvalue weighted by molar-refractivity contribution is -0.150. The molecule has 290 valence electrons. The van der Waals surface area contributed by atoms with Crippen molar-refractivity contribution in [3.63, 3.8) is 0 Å². The molecule has 7 atom stereocenters. The number of carbonyl (C=O) groups excluding carboxylic acids is 3. The second-order valence-corrected chi connectivity index (χ2v) is 15.1. The van der Waals surface area contributed by atoms with Gasteiger partial charge in [0.05, 0.1) is 30.5 Å². The molecule has 1 unspecified atom stereocenters. The van der Waals surface area contributed by atoms with Crippen molar-refractivity contribution < 1.29 is 43.9 Å². The minimum absolute atomic E-state index is 0.176. The monoisotopic (exact) mass is 709 g/mol. The number of aliphatic hydroxyl groups excluding tert-OH is 3. The van der Waals surface area contributed by atoms with Crippen molar-refractivity contribution in [3.8, 4) is 0 Å². The molecule has 50 heavy (non-hydrogen) atoms. The van der Waals surface area contributed by atoms with Crippen molar-refractivity contribution in [3.05, 3.63) is 11.6 Å². The molecule has 0 bridgehead atoms. The molecule has 0 aromatic rings. The van der Waals surface area contributed by atoms with Gasteiger partial charge in [-0.2, -0.15) is 0 Å². The highest BCUT2D eigenvalue weighted by Crippen LogP contribution is 2.29. The average Bonchev–Trinajstić information content (AvgIpc) is 3.70. The Hall–Kier alpha value is -1.81. The molecule has 0 saturated carbocycles. The number of ether oxygens (including phenoxy) is 3. The number of Topliss-reactive ketones (excluding diaryl/α,β-unsaturated/α-hetero) is 1. The van der Waals surface area contributed by atoms with Crippen LogP contribution in [0.5, 0.6) is 0 Å². The van der Waals surface area contributed by atoms with Crippen molar-refractivity contribution in [2.45, 2.75) is 230 Å². The summed E-state index contributed by atoms with van der Waals surface area (Å²) >= 11 is 0. The first-order valence-electron chi connectivity index (χ1n) is 20.4. The Kier molecular flexibility index (Phi) is 23.9. The molecule has 0 aromatic carbocycles. The van der Waals surface area contributed by atoms with E-state index in [-0.39, 0.29) is 42.5 Å². The molecular weight excluding hydrogens is 636 g/mol. The first kappa shape index (κ1) is 44.4. The van der Waals surface area contributed by atoms with E-state index in [0.717, 1.165) is 64.2 Å². The molecule has 0 spiro atoms. The Morgan fingerprint density at radius 2 is 1.30 bits per heavy atom. The fourth-order valence-corrected chi connectivity index (χ4v) is 7.32. The zero-order chi connectivity index (χ0) is 36.6. The number of hydrogen-bond donors (Lipinski definition) is 3. The van der Waals surface area contributed by atoms with Gasteiger partial charge in [0, 0.05) is 31.8 Å². The van der Waals surface area contributed by atoms with E-state index in [1.807, 2.05) is 13.0 Å². The minimum Gasteiger partial charge on any atom is -0.462 e. The van der Waals surface area contributed by atoms with Crippen molar-refractivity contribution in [1.82, 2.24) is 0 Å². The predicted molar refractivity (Wildman–Crippen MR) is 197 cm³/mol. The summed E-state index contributed by atoms with van der Waals surface area (Å²) in [4.78, 5) is 35.9. The standard InChI is InChI=1S/C41H72O9/c1-4-5-6-7-8-9-10-11-12-17-24-37(45)39-27-28-40(50-39)38(46)30-36(49-32(3)42)23-19-18-22-34(43)20-15-13-14-16-21-35(44)26-25-33-29-31(2)48-41(33)47/h29,31,35-40,44-46H,4-28,30H2,1-3H3/t31-,35+,36?,37+,38+,39+,40+/m0/s1. The molecule has 0 aliphatic carbocycles. The molecule has 1 saturated heterocycles. The first-order valence-corrected chi connectivity index (χ1v) is 20.4. The van der Waals surface area contributed by atoms with Crippen LogP contribution in [-0.4, -0.2) is 75.8 Å². The molecule has 1 fully saturated rings. The number of aliphatic hydroxyl groups is 3. The number of carbonyl (C=O) groups is 3. The summed E-state index contributed by atoms with van der Waals surface area (Å²) < 4.78 is 16.7. The van der Waals surface area contributed by atoms with E-state index in [1.54, 1.807) is 0 Å². The number of esters is 2. The predicted octanol–water partition coefficient (Wildman–Crippen LogP) is 8.37. The molecule has 0 aromatic heterocycles. The second kappa shape index (κ2) is 26.9. The van der Waals surface area contributed by atoms with Crippen molar-refractivity contribution in [2.75, 3.05) is 0 Å². The topological polar surface area (TPSA) is 140 Å². The van der Waals surface area contributed by atoms with Crippen LogP contribution in [0.1, 0.15) is 188 Å². The highest BCUT2D eigenvalue weighted by atomic mass is 16.6. The molecule has 3 N–H and O–H groups in total. The largest absolute Gasteiger partial charge is 0.462 e. The lowest BCUT2D eigenvalue weighted by Gasteiger charge is -2.25. The zero-order valence-corrected chi connectivity index (χ0v) is 31.8. The van der Waals surface area contributed by atoms with Crippen LogP contribution >= 0.6 is 0 Å². The van der Waals surface area contributed by atoms with Gasteiger partial charge in [0.2, 0.25) is 0 Å². The van der Waals surface area contributed by atoms with Gasteiger partial charge in [-0.05, 0) is 77.2 Å². The van der Waals surface area contributed by atoms with Crippen LogP contribution in [0.15, 0.2) is 11.6 Å². The fraction of sp³-hybridized carbons (Fsp3) is 0.878. The van der Waals surface area contributed by atoms with Crippen LogP contribution in [0, 0.1) is 0 Å². The highest BCUT2D eigenvalue weighted by molar-refractivity contribution is 5.90. The average molecular weight is 709 g/mol. The third-order valence-corrected chi connectivity index (χ3v) is 10.3. The van der Waals surface area contributed by atoms with Crippen LogP contribution < -0.4 is 0 Å². The minimum atomic E-state index is -0.774. The Balaban J connectivity index is 1.51. The normalized spacial score (nSPS) is 21.4. The van der Waals surface area contributed by atoms with E-state index in [1.165, 1.54) is 58.3 Å². The van der Waals surface area contributed by atoms with Crippen LogP contribution in [0.4, 0.5) is 0 Å². The van der Waals surface area contributed by atoms with Gasteiger partial charge < -0.3 is 29.5 Å². The lowest BCUT2D eigenvalue weighted by atomic mass is 9.98. The SMILES string of the molecule is CCCCCCCCCCCC[C@@H](O)[C@H]1CC[C@H]([C@H](O)CC(CCCCC(=O)CCCCCC[C@@H](O)CCC2=C[C@H](C)OC2=O)OC(C)=O)O1. The van der Waals surface area contributed by atoms with E-state index >= 15 is 0 Å². The maximum atomic E-state index is 12.4. The van der Waals surface area contributed by atoms with Gasteiger partial charge in [-0.15, -0.1) is 0 Å².